The van der Waals surface area contributed by atoms with Crippen molar-refractivity contribution in [3.8, 4) is 22.2 Å². The van der Waals surface area contributed by atoms with Gasteiger partial charge in [-0.05, 0) is 22.9 Å². The van der Waals surface area contributed by atoms with E-state index in [0.717, 1.165) is 21.4 Å². The van der Waals surface area contributed by atoms with Gasteiger partial charge >= 0.3 is 0 Å². The van der Waals surface area contributed by atoms with Gasteiger partial charge in [-0.3, -0.25) is 0 Å². The largest absolute Gasteiger partial charge is 0.333 e. The number of hydrogen-bond donors (Lipinski definition) is 0. The van der Waals surface area contributed by atoms with E-state index in [1.54, 1.807) is 22.7 Å². The lowest BCUT2D eigenvalue weighted by Crippen LogP contribution is -1.94. The Labute approximate surface area is 144 Å². The molecule has 4 rings (SSSR count). The smallest absolute Gasteiger partial charge is 0.268 e. The molecule has 4 heterocycles. The summed E-state index contributed by atoms with van der Waals surface area (Å²) in [5, 5.41) is 19.4. The zero-order valence-corrected chi connectivity index (χ0v) is 14.5. The van der Waals surface area contributed by atoms with Crippen LogP contribution in [0.3, 0.4) is 0 Å². The third kappa shape index (κ3) is 2.94. The standard InChI is InChI=1S/C14H11N5OS3/c1-19-12(9-4-6-21-7-9)16-17-14(19)23-8-11-15-13(20-18-11)10-3-2-5-22-10/h2-7H,8H2,1H3. The minimum atomic E-state index is 0.563. The number of thiophene rings is 2. The van der Waals surface area contributed by atoms with Crippen molar-refractivity contribution in [3.05, 3.63) is 40.2 Å². The minimum absolute atomic E-state index is 0.563. The van der Waals surface area contributed by atoms with E-state index in [4.69, 9.17) is 4.52 Å². The van der Waals surface area contributed by atoms with E-state index >= 15 is 0 Å². The van der Waals surface area contributed by atoms with Crippen LogP contribution in [0.4, 0.5) is 0 Å². The molecule has 0 atom stereocenters. The second-order valence-corrected chi connectivity index (χ2v) is 7.33. The van der Waals surface area contributed by atoms with Crippen LogP contribution in [0.15, 0.2) is 44.0 Å². The highest BCUT2D eigenvalue weighted by molar-refractivity contribution is 7.98. The predicted octanol–water partition coefficient (Wildman–Crippen LogP) is 3.95. The molecule has 0 saturated heterocycles. The number of nitrogens with zero attached hydrogens (tertiary/aromatic N) is 5. The lowest BCUT2D eigenvalue weighted by atomic mass is 10.3. The number of thioether (sulfide) groups is 1. The molecule has 9 heteroatoms. The molecule has 0 amide bonds. The Balaban J connectivity index is 1.48. The molecular weight excluding hydrogens is 350 g/mol. The summed E-state index contributed by atoms with van der Waals surface area (Å²) >= 11 is 4.76. The molecular formula is C14H11N5OS3. The lowest BCUT2D eigenvalue weighted by Gasteiger charge is -2.00. The highest BCUT2D eigenvalue weighted by atomic mass is 32.2. The van der Waals surface area contributed by atoms with E-state index in [-0.39, 0.29) is 0 Å². The van der Waals surface area contributed by atoms with Crippen LogP contribution < -0.4 is 0 Å². The number of hydrogen-bond acceptors (Lipinski definition) is 8. The van der Waals surface area contributed by atoms with Gasteiger partial charge in [0, 0.05) is 18.0 Å². The van der Waals surface area contributed by atoms with E-state index < -0.39 is 0 Å². The number of aromatic nitrogens is 5. The van der Waals surface area contributed by atoms with Crippen LogP contribution in [0.1, 0.15) is 5.82 Å². The van der Waals surface area contributed by atoms with Crippen LogP contribution in [-0.2, 0) is 12.8 Å². The molecule has 0 aromatic carbocycles. The fraction of sp³-hybridized carbons (Fsp3) is 0.143. The molecule has 4 aromatic heterocycles. The molecule has 0 fully saturated rings. The van der Waals surface area contributed by atoms with Gasteiger partial charge in [0.05, 0.1) is 10.6 Å². The number of rotatable bonds is 5. The van der Waals surface area contributed by atoms with E-state index in [0.29, 0.717) is 17.5 Å². The van der Waals surface area contributed by atoms with Gasteiger partial charge in [-0.1, -0.05) is 23.0 Å². The first-order valence-corrected chi connectivity index (χ1v) is 9.53. The van der Waals surface area contributed by atoms with Crippen molar-refractivity contribution in [1.29, 1.82) is 0 Å². The fourth-order valence-electron chi connectivity index (χ4n) is 2.03. The molecule has 0 N–H and O–H groups in total. The molecule has 0 spiro atoms. The molecule has 0 bridgehead atoms. The molecule has 0 unspecified atom stereocenters. The van der Waals surface area contributed by atoms with E-state index in [9.17, 15) is 0 Å². The normalized spacial score (nSPS) is 11.2. The summed E-state index contributed by atoms with van der Waals surface area (Å²) in [5.41, 5.74) is 1.08. The fourth-order valence-corrected chi connectivity index (χ4v) is 4.06. The Kier molecular flexibility index (Phi) is 3.98. The van der Waals surface area contributed by atoms with Gasteiger partial charge in [0.15, 0.2) is 16.8 Å². The Morgan fingerprint density at radius 1 is 1.26 bits per heavy atom. The van der Waals surface area contributed by atoms with Crippen molar-refractivity contribution in [2.45, 2.75) is 10.9 Å². The van der Waals surface area contributed by atoms with Gasteiger partial charge in [-0.15, -0.1) is 21.5 Å². The van der Waals surface area contributed by atoms with Gasteiger partial charge < -0.3 is 9.09 Å². The molecule has 0 saturated carbocycles. The van der Waals surface area contributed by atoms with Crippen molar-refractivity contribution < 1.29 is 4.52 Å². The Bertz CT molecular complexity index is 895. The first-order chi connectivity index (χ1) is 11.3. The third-order valence-electron chi connectivity index (χ3n) is 3.14. The summed E-state index contributed by atoms with van der Waals surface area (Å²) < 4.78 is 7.27. The summed E-state index contributed by atoms with van der Waals surface area (Å²) in [6.07, 6.45) is 0. The predicted molar refractivity (Wildman–Crippen MR) is 91.5 cm³/mol. The van der Waals surface area contributed by atoms with Crippen LogP contribution in [0.5, 0.6) is 0 Å². The van der Waals surface area contributed by atoms with Gasteiger partial charge in [-0.2, -0.15) is 16.3 Å². The van der Waals surface area contributed by atoms with Crippen molar-refractivity contribution >= 4 is 34.4 Å². The first-order valence-electron chi connectivity index (χ1n) is 6.72. The van der Waals surface area contributed by atoms with E-state index in [1.807, 2.05) is 40.6 Å². The minimum Gasteiger partial charge on any atom is -0.333 e. The van der Waals surface area contributed by atoms with Gasteiger partial charge in [0.1, 0.15) is 0 Å². The van der Waals surface area contributed by atoms with Gasteiger partial charge in [-0.25, -0.2) is 0 Å². The highest BCUT2D eigenvalue weighted by Crippen LogP contribution is 2.27. The summed E-state index contributed by atoms with van der Waals surface area (Å²) in [4.78, 5) is 5.39. The Morgan fingerprint density at radius 3 is 3.00 bits per heavy atom. The second-order valence-electron chi connectivity index (χ2n) is 4.66. The van der Waals surface area contributed by atoms with Gasteiger partial charge in [0.25, 0.3) is 5.89 Å². The molecule has 23 heavy (non-hydrogen) atoms. The van der Waals surface area contributed by atoms with Crippen LogP contribution in [0.2, 0.25) is 0 Å². The Hall–Kier alpha value is -1.97. The first kappa shape index (κ1) is 14.6. The summed E-state index contributed by atoms with van der Waals surface area (Å²) in [7, 11) is 1.96. The van der Waals surface area contributed by atoms with Crippen LogP contribution in [0.25, 0.3) is 22.2 Å². The quantitative estimate of drug-likeness (QED) is 0.501. The third-order valence-corrected chi connectivity index (χ3v) is 5.70. The zero-order chi connectivity index (χ0) is 15.6. The topological polar surface area (TPSA) is 69.6 Å². The van der Waals surface area contributed by atoms with E-state index in [2.05, 4.69) is 25.7 Å². The lowest BCUT2D eigenvalue weighted by molar-refractivity contribution is 0.426. The van der Waals surface area contributed by atoms with Crippen molar-refractivity contribution in [3.63, 3.8) is 0 Å². The summed E-state index contributed by atoms with van der Waals surface area (Å²) in [6.45, 7) is 0. The highest BCUT2D eigenvalue weighted by Gasteiger charge is 2.14. The average Bonchev–Trinajstić information content (AvgIpc) is 3.33. The molecule has 116 valence electrons. The molecule has 0 aliphatic carbocycles. The van der Waals surface area contributed by atoms with Crippen molar-refractivity contribution in [2.75, 3.05) is 0 Å². The molecule has 4 aromatic rings. The van der Waals surface area contributed by atoms with Crippen molar-refractivity contribution in [2.24, 2.45) is 7.05 Å². The molecule has 0 aliphatic rings. The molecule has 0 radical (unpaired) electrons. The van der Waals surface area contributed by atoms with Crippen LogP contribution >= 0.6 is 34.4 Å². The zero-order valence-electron chi connectivity index (χ0n) is 12.0. The van der Waals surface area contributed by atoms with Crippen LogP contribution in [0, 0.1) is 0 Å². The second kappa shape index (κ2) is 6.26. The maximum Gasteiger partial charge on any atom is 0.268 e. The van der Waals surface area contributed by atoms with Crippen molar-refractivity contribution in [1.82, 2.24) is 24.9 Å². The van der Waals surface area contributed by atoms with Gasteiger partial charge in [0.2, 0.25) is 0 Å². The summed E-state index contributed by atoms with van der Waals surface area (Å²) in [6, 6.07) is 5.96. The maximum atomic E-state index is 5.29. The SMILES string of the molecule is Cn1c(SCc2noc(-c3cccs3)n2)nnc1-c1ccsc1. The average molecular weight is 361 g/mol. The van der Waals surface area contributed by atoms with E-state index in [1.165, 1.54) is 11.8 Å². The Morgan fingerprint density at radius 2 is 2.22 bits per heavy atom. The monoisotopic (exact) mass is 361 g/mol. The van der Waals surface area contributed by atoms with Crippen LogP contribution in [-0.4, -0.2) is 24.9 Å². The molecule has 6 nitrogen and oxygen atoms in total. The maximum absolute atomic E-state index is 5.29. The summed E-state index contributed by atoms with van der Waals surface area (Å²) in [5.74, 6) is 2.66. The molecule has 0 aliphatic heterocycles.